The minimum atomic E-state index is 0.240. The van der Waals surface area contributed by atoms with Crippen LogP contribution in [0.25, 0.3) is 0 Å². The lowest BCUT2D eigenvalue weighted by Crippen LogP contribution is -2.44. The van der Waals surface area contributed by atoms with E-state index in [0.29, 0.717) is 21.9 Å². The molecule has 0 heterocycles. The smallest absolute Gasteiger partial charge is 0.0468 e. The van der Waals surface area contributed by atoms with Crippen molar-refractivity contribution in [3.05, 3.63) is 33.8 Å². The predicted molar refractivity (Wildman–Crippen MR) is 93.2 cm³/mol. The summed E-state index contributed by atoms with van der Waals surface area (Å²) in [5.41, 5.74) is 1.91. The predicted octanol–water partition coefficient (Wildman–Crippen LogP) is 6.25. The number of benzene rings is 1. The third-order valence-corrected chi connectivity index (χ3v) is 5.03. The molecule has 2 rings (SSSR count). The fraction of sp³-hybridized carbons (Fsp3) is 0.667. The van der Waals surface area contributed by atoms with E-state index in [-0.39, 0.29) is 6.04 Å². The molecule has 0 saturated heterocycles. The van der Waals surface area contributed by atoms with Gasteiger partial charge >= 0.3 is 0 Å². The van der Waals surface area contributed by atoms with E-state index < -0.39 is 0 Å². The quantitative estimate of drug-likeness (QED) is 0.691. The Morgan fingerprint density at radius 3 is 2.19 bits per heavy atom. The Morgan fingerprint density at radius 1 is 1.10 bits per heavy atom. The van der Waals surface area contributed by atoms with E-state index in [9.17, 15) is 0 Å². The molecule has 0 aromatic heterocycles. The first-order valence-electron chi connectivity index (χ1n) is 7.79. The Bertz CT molecular complexity index is 492. The summed E-state index contributed by atoms with van der Waals surface area (Å²) in [5.74, 6) is 0. The van der Waals surface area contributed by atoms with Gasteiger partial charge in [-0.15, -0.1) is 0 Å². The second-order valence-corrected chi connectivity index (χ2v) is 9.01. The third kappa shape index (κ3) is 4.61. The molecule has 0 radical (unpaired) electrons. The maximum Gasteiger partial charge on any atom is 0.0468 e. The van der Waals surface area contributed by atoms with Crippen LogP contribution in [0.2, 0.25) is 10.0 Å². The minimum Gasteiger partial charge on any atom is -0.307 e. The zero-order valence-corrected chi connectivity index (χ0v) is 15.3. The van der Waals surface area contributed by atoms with E-state index in [1.807, 2.05) is 18.2 Å². The molecule has 118 valence electrons. The summed E-state index contributed by atoms with van der Waals surface area (Å²) in [7, 11) is 0. The van der Waals surface area contributed by atoms with Gasteiger partial charge < -0.3 is 5.32 Å². The lowest BCUT2D eigenvalue weighted by atomic mass is 9.63. The molecule has 1 saturated carbocycles. The molecule has 1 unspecified atom stereocenters. The van der Waals surface area contributed by atoms with Crippen LogP contribution in [0.5, 0.6) is 0 Å². The molecule has 0 amide bonds. The van der Waals surface area contributed by atoms with Crippen molar-refractivity contribution in [3.63, 3.8) is 0 Å². The molecule has 1 aliphatic carbocycles. The lowest BCUT2D eigenvalue weighted by molar-refractivity contribution is 0.0811. The Morgan fingerprint density at radius 2 is 1.67 bits per heavy atom. The highest BCUT2D eigenvalue weighted by Gasteiger charge is 2.38. The van der Waals surface area contributed by atoms with E-state index in [2.05, 4.69) is 39.9 Å². The van der Waals surface area contributed by atoms with Crippen LogP contribution in [-0.2, 0) is 0 Å². The van der Waals surface area contributed by atoms with Crippen molar-refractivity contribution in [1.29, 1.82) is 0 Å². The van der Waals surface area contributed by atoms with Crippen LogP contribution in [-0.4, -0.2) is 6.04 Å². The second-order valence-electron chi connectivity index (χ2n) is 8.16. The van der Waals surface area contributed by atoms with Crippen LogP contribution in [0.15, 0.2) is 18.2 Å². The Kier molecular flexibility index (Phi) is 4.97. The van der Waals surface area contributed by atoms with Crippen LogP contribution < -0.4 is 5.32 Å². The highest BCUT2D eigenvalue weighted by Crippen LogP contribution is 2.46. The van der Waals surface area contributed by atoms with Crippen molar-refractivity contribution in [1.82, 2.24) is 5.32 Å². The van der Waals surface area contributed by atoms with Crippen molar-refractivity contribution < 1.29 is 0 Å². The van der Waals surface area contributed by atoms with Crippen molar-refractivity contribution in [2.45, 2.75) is 66.0 Å². The van der Waals surface area contributed by atoms with E-state index in [0.717, 1.165) is 10.6 Å². The van der Waals surface area contributed by atoms with Crippen molar-refractivity contribution >= 4 is 23.2 Å². The molecule has 1 nitrogen and oxygen atoms in total. The van der Waals surface area contributed by atoms with Crippen LogP contribution in [0.3, 0.4) is 0 Å². The van der Waals surface area contributed by atoms with E-state index in [1.165, 1.54) is 19.3 Å². The van der Waals surface area contributed by atoms with E-state index in [4.69, 9.17) is 23.2 Å². The van der Waals surface area contributed by atoms with Gasteiger partial charge in [0.2, 0.25) is 0 Å². The standard InChI is InChI=1S/C18H27Cl2N/c1-12(15-7-6-13(19)8-16(15)20)21-14-9-17(2,3)11-18(4,5)10-14/h6-8,12,14,21H,9-11H2,1-5H3. The van der Waals surface area contributed by atoms with Gasteiger partial charge in [0, 0.05) is 22.1 Å². The van der Waals surface area contributed by atoms with Gasteiger partial charge in [-0.3, -0.25) is 0 Å². The number of hydrogen-bond acceptors (Lipinski definition) is 1. The Balaban J connectivity index is 2.10. The highest BCUT2D eigenvalue weighted by molar-refractivity contribution is 6.35. The molecule has 0 spiro atoms. The van der Waals surface area contributed by atoms with Crippen molar-refractivity contribution in [3.8, 4) is 0 Å². The number of hydrogen-bond donors (Lipinski definition) is 1. The van der Waals surface area contributed by atoms with Gasteiger partial charge in [0.15, 0.2) is 0 Å². The minimum absolute atomic E-state index is 0.240. The van der Waals surface area contributed by atoms with Crippen molar-refractivity contribution in [2.75, 3.05) is 0 Å². The fourth-order valence-electron chi connectivity index (χ4n) is 4.26. The van der Waals surface area contributed by atoms with Crippen LogP contribution in [0.1, 0.15) is 65.5 Å². The lowest BCUT2D eigenvalue weighted by Gasteiger charge is -2.46. The summed E-state index contributed by atoms with van der Waals surface area (Å²) in [6, 6.07) is 6.54. The summed E-state index contributed by atoms with van der Waals surface area (Å²) in [4.78, 5) is 0. The molecule has 3 heteroatoms. The molecule has 21 heavy (non-hydrogen) atoms. The number of rotatable bonds is 3. The molecular weight excluding hydrogens is 301 g/mol. The molecule has 1 atom stereocenters. The summed E-state index contributed by atoms with van der Waals surface area (Å²) in [6.07, 6.45) is 3.71. The topological polar surface area (TPSA) is 12.0 Å². The van der Waals surface area contributed by atoms with Crippen LogP contribution >= 0.6 is 23.2 Å². The maximum atomic E-state index is 6.33. The molecule has 1 aliphatic rings. The van der Waals surface area contributed by atoms with Gasteiger partial charge in [0.1, 0.15) is 0 Å². The summed E-state index contributed by atoms with van der Waals surface area (Å²) in [6.45, 7) is 11.7. The SMILES string of the molecule is CC(NC1CC(C)(C)CC(C)(C)C1)c1ccc(Cl)cc1Cl. The molecule has 1 N–H and O–H groups in total. The Labute approximate surface area is 139 Å². The Hall–Kier alpha value is -0.240. The van der Waals surface area contributed by atoms with Crippen LogP contribution in [0.4, 0.5) is 0 Å². The number of nitrogens with one attached hydrogen (secondary N) is 1. The van der Waals surface area contributed by atoms with Gasteiger partial charge in [-0.2, -0.15) is 0 Å². The average molecular weight is 328 g/mol. The molecule has 1 aromatic rings. The molecular formula is C18H27Cl2N. The normalized spacial score (nSPS) is 23.0. The molecule has 0 aliphatic heterocycles. The summed E-state index contributed by atoms with van der Waals surface area (Å²) in [5, 5.41) is 5.22. The summed E-state index contributed by atoms with van der Waals surface area (Å²) < 4.78 is 0. The first kappa shape index (κ1) is 17.1. The third-order valence-electron chi connectivity index (χ3n) is 4.47. The maximum absolute atomic E-state index is 6.33. The zero-order chi connectivity index (χ0) is 15.8. The fourth-order valence-corrected chi connectivity index (χ4v) is 4.83. The van der Waals surface area contributed by atoms with Gasteiger partial charge in [-0.25, -0.2) is 0 Å². The van der Waals surface area contributed by atoms with Gasteiger partial charge in [0.25, 0.3) is 0 Å². The average Bonchev–Trinajstić information content (AvgIpc) is 2.23. The van der Waals surface area contributed by atoms with Gasteiger partial charge in [0.05, 0.1) is 0 Å². The molecule has 0 bridgehead atoms. The van der Waals surface area contributed by atoms with Gasteiger partial charge in [-0.1, -0.05) is 57.0 Å². The largest absolute Gasteiger partial charge is 0.307 e. The van der Waals surface area contributed by atoms with E-state index >= 15 is 0 Å². The molecule has 1 fully saturated rings. The molecule has 1 aromatic carbocycles. The number of halogens is 2. The van der Waals surface area contributed by atoms with Gasteiger partial charge in [-0.05, 0) is 54.7 Å². The first-order chi connectivity index (χ1) is 9.58. The van der Waals surface area contributed by atoms with E-state index in [1.54, 1.807) is 0 Å². The zero-order valence-electron chi connectivity index (χ0n) is 13.8. The first-order valence-corrected chi connectivity index (χ1v) is 8.55. The monoisotopic (exact) mass is 327 g/mol. The van der Waals surface area contributed by atoms with Crippen molar-refractivity contribution in [2.24, 2.45) is 10.8 Å². The highest BCUT2D eigenvalue weighted by atomic mass is 35.5. The van der Waals surface area contributed by atoms with Crippen LogP contribution in [0, 0.1) is 10.8 Å². The second kappa shape index (κ2) is 6.10. The summed E-state index contributed by atoms with van der Waals surface area (Å²) >= 11 is 12.3.